The molecule has 2 aromatic heterocycles. The molecular weight excluding hydrogens is 402 g/mol. The Morgan fingerprint density at radius 3 is 2.69 bits per heavy atom. The van der Waals surface area contributed by atoms with Gasteiger partial charge in [-0.15, -0.1) is 0 Å². The van der Waals surface area contributed by atoms with Gasteiger partial charge in [-0.05, 0) is 50.6 Å². The zero-order valence-electron chi connectivity index (χ0n) is 18.6. The number of fused-ring (bicyclic) bond motifs is 3. The van der Waals surface area contributed by atoms with Crippen LogP contribution in [0.1, 0.15) is 18.1 Å². The van der Waals surface area contributed by atoms with Crippen LogP contribution in [0.2, 0.25) is 0 Å². The van der Waals surface area contributed by atoms with E-state index in [0.717, 1.165) is 28.4 Å². The van der Waals surface area contributed by atoms with Gasteiger partial charge in [0.2, 0.25) is 5.91 Å². The first kappa shape index (κ1) is 20.3. The molecule has 2 aromatic carbocycles. The van der Waals surface area contributed by atoms with Gasteiger partial charge >= 0.3 is 0 Å². The second kappa shape index (κ2) is 7.82. The zero-order chi connectivity index (χ0) is 22.4. The normalized spacial score (nSPS) is 16.8. The van der Waals surface area contributed by atoms with Crippen LogP contribution >= 0.6 is 0 Å². The summed E-state index contributed by atoms with van der Waals surface area (Å²) in [5.41, 5.74) is 4.65. The molecule has 0 aliphatic carbocycles. The molecule has 1 fully saturated rings. The third kappa shape index (κ3) is 3.53. The van der Waals surface area contributed by atoms with Crippen LogP contribution in [0.4, 0.5) is 5.69 Å². The molecule has 0 unspecified atom stereocenters. The molecule has 0 radical (unpaired) electrons. The first-order valence-corrected chi connectivity index (χ1v) is 11.0. The number of carbonyl (C=O) groups excluding carboxylic acids is 1. The first-order chi connectivity index (χ1) is 15.4. The van der Waals surface area contributed by atoms with Gasteiger partial charge in [0, 0.05) is 47.7 Å². The average Bonchev–Trinajstić information content (AvgIpc) is 3.14. The lowest BCUT2D eigenvalue weighted by molar-refractivity contribution is -0.132. The van der Waals surface area contributed by atoms with E-state index in [-0.39, 0.29) is 24.1 Å². The summed E-state index contributed by atoms with van der Waals surface area (Å²) in [6.07, 6.45) is 1.68. The third-order valence-electron chi connectivity index (χ3n) is 6.37. The third-order valence-corrected chi connectivity index (χ3v) is 6.37. The standard InChI is InChI=1S/C25H27N5O2/c1-16-5-4-6-19(11-16)29-10-9-28(14-18(29)3)23(31)15-30-25(32)24-21(13-26-30)20-12-17(2)7-8-22(20)27-24/h4-8,11-13,18,27H,9-10,14-15H2,1-3H3/t18-/m1/s1. The van der Waals surface area contributed by atoms with E-state index in [9.17, 15) is 9.59 Å². The average molecular weight is 430 g/mol. The van der Waals surface area contributed by atoms with Crippen LogP contribution < -0.4 is 10.5 Å². The quantitative estimate of drug-likeness (QED) is 0.543. The second-order valence-electron chi connectivity index (χ2n) is 8.79. The molecule has 1 aliphatic heterocycles. The monoisotopic (exact) mass is 429 g/mol. The van der Waals surface area contributed by atoms with Crippen LogP contribution in [0.15, 0.2) is 53.5 Å². The fourth-order valence-corrected chi connectivity index (χ4v) is 4.65. The number of piperazine rings is 1. The van der Waals surface area contributed by atoms with Gasteiger partial charge < -0.3 is 14.8 Å². The Labute approximate surface area is 186 Å². The molecule has 164 valence electrons. The Bertz CT molecular complexity index is 1390. The number of nitrogens with one attached hydrogen (secondary N) is 1. The molecule has 0 saturated carbocycles. The van der Waals surface area contributed by atoms with Crippen molar-refractivity contribution in [2.75, 3.05) is 24.5 Å². The van der Waals surface area contributed by atoms with Crippen molar-refractivity contribution in [1.82, 2.24) is 19.7 Å². The maximum absolute atomic E-state index is 13.0. The SMILES string of the molecule is Cc1cccc(N2CCN(C(=O)Cn3ncc4c([nH]c5ccc(C)cc54)c3=O)C[C@H]2C)c1. The molecule has 1 aliphatic rings. The Kier molecular flexibility index (Phi) is 4.96. The minimum Gasteiger partial charge on any atom is -0.365 e. The van der Waals surface area contributed by atoms with Gasteiger partial charge in [-0.25, -0.2) is 4.68 Å². The van der Waals surface area contributed by atoms with Crippen LogP contribution in [0.5, 0.6) is 0 Å². The summed E-state index contributed by atoms with van der Waals surface area (Å²) < 4.78 is 1.27. The number of anilines is 1. The fourth-order valence-electron chi connectivity index (χ4n) is 4.65. The number of aryl methyl sites for hydroxylation is 2. The smallest absolute Gasteiger partial charge is 0.291 e. The summed E-state index contributed by atoms with van der Waals surface area (Å²) in [4.78, 5) is 33.4. The second-order valence-corrected chi connectivity index (χ2v) is 8.79. The molecule has 5 rings (SSSR count). The molecule has 7 nitrogen and oxygen atoms in total. The Hall–Kier alpha value is -3.61. The highest BCUT2D eigenvalue weighted by molar-refractivity contribution is 6.06. The van der Waals surface area contributed by atoms with E-state index in [1.54, 1.807) is 6.20 Å². The van der Waals surface area contributed by atoms with E-state index >= 15 is 0 Å². The predicted molar refractivity (Wildman–Crippen MR) is 127 cm³/mol. The number of nitrogens with zero attached hydrogens (tertiary/aromatic N) is 4. The number of hydrogen-bond donors (Lipinski definition) is 1. The van der Waals surface area contributed by atoms with Gasteiger partial charge in [-0.2, -0.15) is 5.10 Å². The lowest BCUT2D eigenvalue weighted by Crippen LogP contribution is -2.54. The highest BCUT2D eigenvalue weighted by atomic mass is 16.2. The fraction of sp³-hybridized carbons (Fsp3) is 0.320. The minimum atomic E-state index is -0.267. The van der Waals surface area contributed by atoms with Gasteiger partial charge in [-0.1, -0.05) is 23.8 Å². The summed E-state index contributed by atoms with van der Waals surface area (Å²) in [7, 11) is 0. The van der Waals surface area contributed by atoms with Gasteiger partial charge in [0.15, 0.2) is 0 Å². The molecule has 1 N–H and O–H groups in total. The minimum absolute atomic E-state index is 0.0552. The lowest BCUT2D eigenvalue weighted by atomic mass is 10.1. The number of benzene rings is 2. The van der Waals surface area contributed by atoms with Crippen molar-refractivity contribution in [2.24, 2.45) is 0 Å². The van der Waals surface area contributed by atoms with Crippen molar-refractivity contribution >= 4 is 33.4 Å². The Morgan fingerprint density at radius 2 is 1.91 bits per heavy atom. The van der Waals surface area contributed by atoms with Crippen molar-refractivity contribution in [3.63, 3.8) is 0 Å². The Balaban J connectivity index is 1.34. The zero-order valence-corrected chi connectivity index (χ0v) is 18.6. The molecular formula is C25H27N5O2. The number of aromatic amines is 1. The van der Waals surface area contributed by atoms with Crippen LogP contribution in [-0.4, -0.2) is 51.2 Å². The van der Waals surface area contributed by atoms with E-state index in [2.05, 4.69) is 53.1 Å². The number of amides is 1. The van der Waals surface area contributed by atoms with Crippen molar-refractivity contribution < 1.29 is 4.79 Å². The van der Waals surface area contributed by atoms with Crippen LogP contribution in [-0.2, 0) is 11.3 Å². The highest BCUT2D eigenvalue weighted by Crippen LogP contribution is 2.24. The largest absolute Gasteiger partial charge is 0.365 e. The molecule has 7 heteroatoms. The highest BCUT2D eigenvalue weighted by Gasteiger charge is 2.27. The Morgan fingerprint density at radius 1 is 1.09 bits per heavy atom. The molecule has 4 aromatic rings. The van der Waals surface area contributed by atoms with Crippen molar-refractivity contribution in [1.29, 1.82) is 0 Å². The van der Waals surface area contributed by atoms with E-state index in [0.29, 0.717) is 18.6 Å². The van der Waals surface area contributed by atoms with Gasteiger partial charge in [0.1, 0.15) is 12.1 Å². The van der Waals surface area contributed by atoms with E-state index in [4.69, 9.17) is 0 Å². The van der Waals surface area contributed by atoms with E-state index in [1.165, 1.54) is 15.9 Å². The topological polar surface area (TPSA) is 74.2 Å². The van der Waals surface area contributed by atoms with Crippen molar-refractivity contribution in [2.45, 2.75) is 33.4 Å². The number of aromatic nitrogens is 3. The molecule has 32 heavy (non-hydrogen) atoms. The summed E-state index contributed by atoms with van der Waals surface area (Å²) >= 11 is 0. The van der Waals surface area contributed by atoms with Crippen LogP contribution in [0, 0.1) is 13.8 Å². The van der Waals surface area contributed by atoms with Crippen molar-refractivity contribution in [3.05, 3.63) is 70.1 Å². The molecule has 0 bridgehead atoms. The maximum Gasteiger partial charge on any atom is 0.291 e. The molecule has 3 heterocycles. The van der Waals surface area contributed by atoms with Gasteiger partial charge in [0.25, 0.3) is 5.56 Å². The van der Waals surface area contributed by atoms with Gasteiger partial charge in [-0.3, -0.25) is 9.59 Å². The van der Waals surface area contributed by atoms with E-state index < -0.39 is 0 Å². The summed E-state index contributed by atoms with van der Waals surface area (Å²) in [5.74, 6) is -0.0818. The number of hydrogen-bond acceptors (Lipinski definition) is 4. The number of carbonyl (C=O) groups is 1. The number of rotatable bonds is 3. The summed E-state index contributed by atoms with van der Waals surface area (Å²) in [6.45, 7) is 8.19. The lowest BCUT2D eigenvalue weighted by Gasteiger charge is -2.41. The summed E-state index contributed by atoms with van der Waals surface area (Å²) in [6, 6.07) is 14.6. The molecule has 1 amide bonds. The maximum atomic E-state index is 13.0. The van der Waals surface area contributed by atoms with E-state index in [1.807, 2.05) is 30.0 Å². The summed E-state index contributed by atoms with van der Waals surface area (Å²) in [5, 5.41) is 6.08. The molecule has 1 atom stereocenters. The molecule has 1 saturated heterocycles. The van der Waals surface area contributed by atoms with Gasteiger partial charge in [0.05, 0.1) is 6.20 Å². The van der Waals surface area contributed by atoms with Crippen LogP contribution in [0.25, 0.3) is 21.8 Å². The number of H-pyrrole nitrogens is 1. The van der Waals surface area contributed by atoms with Crippen LogP contribution in [0.3, 0.4) is 0 Å². The molecule has 0 spiro atoms. The first-order valence-electron chi connectivity index (χ1n) is 11.0. The van der Waals surface area contributed by atoms with Crippen molar-refractivity contribution in [3.8, 4) is 0 Å². The predicted octanol–water partition coefficient (Wildman–Crippen LogP) is 3.23.